The van der Waals surface area contributed by atoms with E-state index in [0.29, 0.717) is 0 Å². The number of ketones is 1. The van der Waals surface area contributed by atoms with E-state index in [0.717, 1.165) is 71.1 Å². The molecule has 0 fully saturated rings. The predicted molar refractivity (Wildman–Crippen MR) is 117 cm³/mol. The molecule has 0 aliphatic heterocycles. The average molecular weight is 381 g/mol. The molecule has 4 nitrogen and oxygen atoms in total. The summed E-state index contributed by atoms with van der Waals surface area (Å²) in [5, 5.41) is 12.0. The van der Waals surface area contributed by atoms with Gasteiger partial charge in [-0.1, -0.05) is 55.0 Å². The number of nitrogens with one attached hydrogen (secondary N) is 2. The van der Waals surface area contributed by atoms with Gasteiger partial charge in [0.25, 0.3) is 0 Å². The lowest BCUT2D eigenvalue weighted by molar-refractivity contribution is 0.103. The van der Waals surface area contributed by atoms with Gasteiger partial charge in [-0.05, 0) is 43.0 Å². The molecule has 0 unspecified atom stereocenters. The molecule has 3 aromatic carbocycles. The van der Waals surface area contributed by atoms with Crippen molar-refractivity contribution in [2.45, 2.75) is 25.7 Å². The number of unbranched alkanes of at least 4 members (excludes halogenated alkanes) is 2. The standard InChI is InChI=1S/C25H23N3O/c29-25-20-14-8-15-21-23(20)24(28-27-21)19-13-7-10-17(22(19)25)9-3-2-6-16-26-18-11-4-1-5-12-18/h1,4-5,7-8,10-15,26H,2-3,6,9,16H2,(H,27,28). The fourth-order valence-electron chi connectivity index (χ4n) is 4.27. The quantitative estimate of drug-likeness (QED) is 0.361. The summed E-state index contributed by atoms with van der Waals surface area (Å²) in [6, 6.07) is 22.3. The number of aromatic nitrogens is 2. The Morgan fingerprint density at radius 1 is 0.828 bits per heavy atom. The molecular weight excluding hydrogens is 358 g/mol. The third-order valence-electron chi connectivity index (χ3n) is 5.69. The molecule has 0 atom stereocenters. The highest BCUT2D eigenvalue weighted by molar-refractivity contribution is 6.25. The van der Waals surface area contributed by atoms with Gasteiger partial charge in [-0.2, -0.15) is 5.10 Å². The van der Waals surface area contributed by atoms with Crippen LogP contribution < -0.4 is 5.32 Å². The summed E-state index contributed by atoms with van der Waals surface area (Å²) in [6.07, 6.45) is 4.22. The van der Waals surface area contributed by atoms with Crippen LogP contribution in [0, 0.1) is 0 Å². The van der Waals surface area contributed by atoms with Gasteiger partial charge in [-0.15, -0.1) is 0 Å². The van der Waals surface area contributed by atoms with E-state index in [1.807, 2.05) is 48.5 Å². The number of para-hydroxylation sites is 1. The summed E-state index contributed by atoms with van der Waals surface area (Å²) in [5.74, 6) is 0.126. The van der Waals surface area contributed by atoms with Gasteiger partial charge in [-0.3, -0.25) is 9.89 Å². The predicted octanol–water partition coefficient (Wildman–Crippen LogP) is 5.60. The first-order valence-corrected chi connectivity index (χ1v) is 10.3. The first-order valence-electron chi connectivity index (χ1n) is 10.3. The van der Waals surface area contributed by atoms with Crippen LogP contribution in [-0.4, -0.2) is 22.5 Å². The molecule has 0 amide bonds. The lowest BCUT2D eigenvalue weighted by Crippen LogP contribution is -2.12. The van der Waals surface area contributed by atoms with Crippen LogP contribution in [-0.2, 0) is 6.42 Å². The number of aromatic amines is 1. The minimum absolute atomic E-state index is 0.126. The molecule has 4 heteroatoms. The molecule has 1 aliphatic carbocycles. The third kappa shape index (κ3) is 3.21. The maximum atomic E-state index is 13.3. The Kier molecular flexibility index (Phi) is 4.60. The van der Waals surface area contributed by atoms with Gasteiger partial charge in [0.1, 0.15) is 5.69 Å². The number of aryl methyl sites for hydroxylation is 1. The summed E-state index contributed by atoms with van der Waals surface area (Å²) in [5.41, 5.74) is 6.68. The van der Waals surface area contributed by atoms with Crippen molar-refractivity contribution in [1.82, 2.24) is 10.2 Å². The Bertz CT molecular complexity index is 1180. The number of benzene rings is 3. The van der Waals surface area contributed by atoms with E-state index in [4.69, 9.17) is 0 Å². The highest BCUT2D eigenvalue weighted by Crippen LogP contribution is 2.39. The number of H-pyrrole nitrogens is 1. The Balaban J connectivity index is 1.28. The SMILES string of the molecule is O=C1c2c(CCCCCNc3ccccc3)cccc2-c2n[nH]c3cccc1c23. The molecule has 2 N–H and O–H groups in total. The van der Waals surface area contributed by atoms with E-state index in [9.17, 15) is 4.79 Å². The van der Waals surface area contributed by atoms with Crippen molar-refractivity contribution >= 4 is 22.4 Å². The van der Waals surface area contributed by atoms with Gasteiger partial charge in [0.15, 0.2) is 5.78 Å². The highest BCUT2D eigenvalue weighted by Gasteiger charge is 2.28. The molecular formula is C25H23N3O. The van der Waals surface area contributed by atoms with Crippen molar-refractivity contribution in [3.05, 3.63) is 83.4 Å². The Labute approximate surface area is 170 Å². The van der Waals surface area contributed by atoms with Gasteiger partial charge in [0, 0.05) is 34.3 Å². The second-order valence-electron chi connectivity index (χ2n) is 7.57. The number of hydrogen-bond acceptors (Lipinski definition) is 3. The molecule has 0 bridgehead atoms. The van der Waals surface area contributed by atoms with Gasteiger partial charge in [0.05, 0.1) is 5.52 Å². The van der Waals surface area contributed by atoms with Crippen LogP contribution in [0.15, 0.2) is 66.7 Å². The van der Waals surface area contributed by atoms with E-state index in [1.54, 1.807) is 0 Å². The smallest absolute Gasteiger partial charge is 0.194 e. The number of hydrogen-bond donors (Lipinski definition) is 2. The van der Waals surface area contributed by atoms with Crippen LogP contribution in [0.1, 0.15) is 40.7 Å². The third-order valence-corrected chi connectivity index (χ3v) is 5.69. The van der Waals surface area contributed by atoms with Crippen molar-refractivity contribution in [1.29, 1.82) is 0 Å². The number of carbonyl (C=O) groups is 1. The molecule has 5 rings (SSSR count). The number of nitrogens with zero attached hydrogens (tertiary/aromatic N) is 1. The number of carbonyl (C=O) groups excluding carboxylic acids is 1. The second kappa shape index (κ2) is 7.55. The van der Waals surface area contributed by atoms with Crippen molar-refractivity contribution in [2.75, 3.05) is 11.9 Å². The molecule has 0 saturated heterocycles. The average Bonchev–Trinajstić information content (AvgIpc) is 3.20. The van der Waals surface area contributed by atoms with Crippen molar-refractivity contribution in [3.8, 4) is 11.3 Å². The second-order valence-corrected chi connectivity index (χ2v) is 7.57. The lowest BCUT2D eigenvalue weighted by atomic mass is 9.83. The molecule has 1 aliphatic rings. The largest absolute Gasteiger partial charge is 0.385 e. The minimum Gasteiger partial charge on any atom is -0.385 e. The van der Waals surface area contributed by atoms with Gasteiger partial charge in [0.2, 0.25) is 0 Å². The van der Waals surface area contributed by atoms with E-state index in [-0.39, 0.29) is 5.78 Å². The topological polar surface area (TPSA) is 57.8 Å². The first-order chi connectivity index (χ1) is 14.3. The van der Waals surface area contributed by atoms with E-state index < -0.39 is 0 Å². The van der Waals surface area contributed by atoms with Crippen LogP contribution in [0.2, 0.25) is 0 Å². The zero-order valence-corrected chi connectivity index (χ0v) is 16.2. The van der Waals surface area contributed by atoms with Crippen LogP contribution in [0.25, 0.3) is 22.2 Å². The minimum atomic E-state index is 0.126. The number of fused-ring (bicyclic) bond motifs is 2. The molecule has 0 saturated carbocycles. The van der Waals surface area contributed by atoms with Gasteiger partial charge < -0.3 is 5.32 Å². The van der Waals surface area contributed by atoms with Crippen LogP contribution in [0.5, 0.6) is 0 Å². The zero-order chi connectivity index (χ0) is 19.6. The van der Waals surface area contributed by atoms with Gasteiger partial charge >= 0.3 is 0 Å². The Hall–Kier alpha value is -3.40. The highest BCUT2D eigenvalue weighted by atomic mass is 16.1. The molecule has 0 spiro atoms. The molecule has 29 heavy (non-hydrogen) atoms. The van der Waals surface area contributed by atoms with Crippen LogP contribution in [0.4, 0.5) is 5.69 Å². The summed E-state index contributed by atoms with van der Waals surface area (Å²) in [6.45, 7) is 0.967. The van der Waals surface area contributed by atoms with Crippen molar-refractivity contribution in [3.63, 3.8) is 0 Å². The van der Waals surface area contributed by atoms with E-state index >= 15 is 0 Å². The van der Waals surface area contributed by atoms with Crippen molar-refractivity contribution < 1.29 is 4.79 Å². The Morgan fingerprint density at radius 3 is 2.55 bits per heavy atom. The summed E-state index contributed by atoms with van der Waals surface area (Å²) in [7, 11) is 0. The summed E-state index contributed by atoms with van der Waals surface area (Å²) >= 11 is 0. The number of rotatable bonds is 7. The van der Waals surface area contributed by atoms with Crippen LogP contribution in [0.3, 0.4) is 0 Å². The lowest BCUT2D eigenvalue weighted by Gasteiger charge is -2.18. The molecule has 1 heterocycles. The molecule has 4 aromatic rings. The fraction of sp³-hybridized carbons (Fsp3) is 0.200. The summed E-state index contributed by atoms with van der Waals surface area (Å²) < 4.78 is 0. The molecule has 1 aromatic heterocycles. The fourth-order valence-corrected chi connectivity index (χ4v) is 4.27. The first kappa shape index (κ1) is 17.7. The molecule has 0 radical (unpaired) electrons. The Morgan fingerprint density at radius 2 is 1.66 bits per heavy atom. The monoisotopic (exact) mass is 381 g/mol. The van der Waals surface area contributed by atoms with Crippen LogP contribution >= 0.6 is 0 Å². The van der Waals surface area contributed by atoms with E-state index in [2.05, 4.69) is 33.7 Å². The van der Waals surface area contributed by atoms with Gasteiger partial charge in [-0.25, -0.2) is 0 Å². The van der Waals surface area contributed by atoms with E-state index in [1.165, 1.54) is 5.69 Å². The molecule has 144 valence electrons. The maximum Gasteiger partial charge on any atom is 0.194 e. The van der Waals surface area contributed by atoms with Crippen molar-refractivity contribution in [2.24, 2.45) is 0 Å². The number of anilines is 1. The zero-order valence-electron chi connectivity index (χ0n) is 16.2. The summed E-state index contributed by atoms with van der Waals surface area (Å²) in [4.78, 5) is 13.3. The maximum absolute atomic E-state index is 13.3. The normalized spacial score (nSPS) is 12.2.